The van der Waals surface area contributed by atoms with Crippen LogP contribution in [0.2, 0.25) is 0 Å². The number of benzene rings is 3. The van der Waals surface area contributed by atoms with Gasteiger partial charge in [0.2, 0.25) is 5.91 Å². The van der Waals surface area contributed by atoms with Gasteiger partial charge in [0.05, 0.1) is 19.1 Å². The number of likely N-dealkylation sites (N-methyl/N-ethyl adjacent to an activating group) is 1. The third-order valence-electron chi connectivity index (χ3n) is 8.41. The monoisotopic (exact) mass is 646 g/mol. The normalized spacial score (nSPS) is 17.9. The molecular formula is C35H42N4O6S. The van der Waals surface area contributed by atoms with Crippen LogP contribution in [-0.2, 0) is 27.8 Å². The van der Waals surface area contributed by atoms with E-state index in [-0.39, 0.29) is 59.0 Å². The second-order valence-electron chi connectivity index (χ2n) is 12.2. The molecular weight excluding hydrogens is 604 g/mol. The Bertz CT molecular complexity index is 1740. The zero-order chi connectivity index (χ0) is 33.0. The SMILES string of the molecule is Cc1noc(C)c1S(=O)(=O)Nc1ccc2c(c1)CC(=O)N([C@@H](C)CO)C[C@H](C)[C@@H](CN(C)Cc1ccc(-c3ccccc3)cc1)O2. The van der Waals surface area contributed by atoms with Crippen LogP contribution in [0, 0.1) is 19.8 Å². The molecule has 2 heterocycles. The molecule has 244 valence electrons. The van der Waals surface area contributed by atoms with Crippen LogP contribution in [0.3, 0.4) is 0 Å². The Morgan fingerprint density at radius 1 is 1.07 bits per heavy atom. The molecule has 0 unspecified atom stereocenters. The standard InChI is InChI=1S/C35H42N4O6S/c1-23-19-39(24(2)22-40)34(41)18-30-17-31(37-46(42,43)35-25(3)36-45-26(35)4)15-16-32(30)44-33(23)21-38(5)20-27-11-13-29(14-12-27)28-9-7-6-8-10-28/h6-17,23-24,33,37,40H,18-22H2,1-5H3/t23-,24-,33+/m0/s1. The lowest BCUT2D eigenvalue weighted by Gasteiger charge is -2.34. The molecule has 5 rings (SSSR count). The van der Waals surface area contributed by atoms with Gasteiger partial charge in [-0.3, -0.25) is 14.4 Å². The van der Waals surface area contributed by atoms with Crippen LogP contribution in [-0.4, -0.2) is 73.3 Å². The van der Waals surface area contributed by atoms with Crippen molar-refractivity contribution in [1.82, 2.24) is 15.0 Å². The van der Waals surface area contributed by atoms with E-state index in [0.717, 1.165) is 5.56 Å². The summed E-state index contributed by atoms with van der Waals surface area (Å²) in [7, 11) is -1.95. The van der Waals surface area contributed by atoms with Gasteiger partial charge in [0.15, 0.2) is 10.7 Å². The maximum Gasteiger partial charge on any atom is 0.267 e. The number of nitrogens with zero attached hydrogens (tertiary/aromatic N) is 3. The molecule has 0 fully saturated rings. The van der Waals surface area contributed by atoms with Gasteiger partial charge in [-0.15, -0.1) is 0 Å². The van der Waals surface area contributed by atoms with Gasteiger partial charge >= 0.3 is 0 Å². The van der Waals surface area contributed by atoms with E-state index in [9.17, 15) is 18.3 Å². The molecule has 11 heteroatoms. The fourth-order valence-electron chi connectivity index (χ4n) is 5.89. The van der Waals surface area contributed by atoms with Gasteiger partial charge in [-0.05, 0) is 62.7 Å². The Labute approximate surface area is 271 Å². The Balaban J connectivity index is 1.38. The summed E-state index contributed by atoms with van der Waals surface area (Å²) in [6, 6.07) is 23.4. The molecule has 1 aliphatic rings. The fraction of sp³-hybridized carbons (Fsp3) is 0.371. The minimum Gasteiger partial charge on any atom is -0.488 e. The summed E-state index contributed by atoms with van der Waals surface area (Å²) < 4.78 is 40.7. The molecule has 0 aliphatic carbocycles. The van der Waals surface area contributed by atoms with Crippen molar-refractivity contribution >= 4 is 21.6 Å². The number of sulfonamides is 1. The summed E-state index contributed by atoms with van der Waals surface area (Å²) in [6.45, 7) is 8.49. The van der Waals surface area contributed by atoms with Gasteiger partial charge in [0.1, 0.15) is 17.5 Å². The molecule has 3 atom stereocenters. The molecule has 3 aromatic carbocycles. The minimum atomic E-state index is -3.99. The van der Waals surface area contributed by atoms with E-state index in [1.807, 2.05) is 32.2 Å². The highest BCUT2D eigenvalue weighted by Crippen LogP contribution is 2.31. The summed E-state index contributed by atoms with van der Waals surface area (Å²) in [4.78, 5) is 17.5. The predicted octanol–water partition coefficient (Wildman–Crippen LogP) is 5.04. The number of aliphatic hydroxyl groups excluding tert-OH is 1. The van der Waals surface area contributed by atoms with Crippen LogP contribution in [0.4, 0.5) is 5.69 Å². The largest absolute Gasteiger partial charge is 0.488 e. The summed E-state index contributed by atoms with van der Waals surface area (Å²) in [5, 5.41) is 13.7. The van der Waals surface area contributed by atoms with Crippen molar-refractivity contribution in [2.24, 2.45) is 5.92 Å². The smallest absolute Gasteiger partial charge is 0.267 e. The quantitative estimate of drug-likeness (QED) is 0.246. The number of carbonyl (C=O) groups excluding carboxylic acids is 1. The first-order valence-electron chi connectivity index (χ1n) is 15.4. The van der Waals surface area contributed by atoms with Crippen LogP contribution in [0.15, 0.2) is 82.2 Å². The number of nitrogens with one attached hydrogen (secondary N) is 1. The summed E-state index contributed by atoms with van der Waals surface area (Å²) in [5.41, 5.74) is 4.60. The second-order valence-corrected chi connectivity index (χ2v) is 13.8. The van der Waals surface area contributed by atoms with Crippen molar-refractivity contribution in [3.8, 4) is 16.9 Å². The molecule has 0 bridgehead atoms. The lowest BCUT2D eigenvalue weighted by molar-refractivity contribution is -0.134. The number of rotatable bonds is 10. The first-order chi connectivity index (χ1) is 21.9. The van der Waals surface area contributed by atoms with E-state index < -0.39 is 10.0 Å². The van der Waals surface area contributed by atoms with Crippen LogP contribution in [0.25, 0.3) is 11.1 Å². The molecule has 0 saturated carbocycles. The van der Waals surface area contributed by atoms with Crippen molar-refractivity contribution in [1.29, 1.82) is 0 Å². The zero-order valence-electron chi connectivity index (χ0n) is 26.9. The van der Waals surface area contributed by atoms with Gasteiger partial charge < -0.3 is 19.3 Å². The number of fused-ring (bicyclic) bond motifs is 1. The molecule has 1 aromatic heterocycles. The average molecular weight is 647 g/mol. The first kappa shape index (κ1) is 33.2. The molecule has 46 heavy (non-hydrogen) atoms. The fourth-order valence-corrected chi connectivity index (χ4v) is 7.27. The maximum absolute atomic E-state index is 13.6. The third kappa shape index (κ3) is 7.60. The number of hydrogen-bond donors (Lipinski definition) is 2. The number of aryl methyl sites for hydroxylation is 2. The second kappa shape index (κ2) is 14.1. The highest BCUT2D eigenvalue weighted by molar-refractivity contribution is 7.92. The Morgan fingerprint density at radius 2 is 1.76 bits per heavy atom. The number of aromatic nitrogens is 1. The number of anilines is 1. The van der Waals surface area contributed by atoms with Gasteiger partial charge in [-0.2, -0.15) is 0 Å². The van der Waals surface area contributed by atoms with Crippen LogP contribution < -0.4 is 9.46 Å². The molecule has 0 saturated heterocycles. The van der Waals surface area contributed by atoms with Crippen molar-refractivity contribution in [2.45, 2.75) is 57.7 Å². The van der Waals surface area contributed by atoms with Gasteiger partial charge in [-0.1, -0.05) is 66.7 Å². The molecule has 1 aliphatic heterocycles. The minimum absolute atomic E-state index is 0.0103. The van der Waals surface area contributed by atoms with Crippen LogP contribution >= 0.6 is 0 Å². The van der Waals surface area contributed by atoms with Crippen LogP contribution in [0.5, 0.6) is 5.75 Å². The van der Waals surface area contributed by atoms with Crippen molar-refractivity contribution in [3.63, 3.8) is 0 Å². The van der Waals surface area contributed by atoms with E-state index in [1.165, 1.54) is 11.1 Å². The van der Waals surface area contributed by atoms with Crippen molar-refractivity contribution in [2.75, 3.05) is 31.5 Å². The van der Waals surface area contributed by atoms with Crippen LogP contribution in [0.1, 0.15) is 36.4 Å². The van der Waals surface area contributed by atoms with Crippen molar-refractivity contribution in [3.05, 3.63) is 95.4 Å². The average Bonchev–Trinajstić information content (AvgIpc) is 3.40. The van der Waals surface area contributed by atoms with E-state index in [1.54, 1.807) is 36.9 Å². The lowest BCUT2D eigenvalue weighted by atomic mass is 10.0. The molecule has 0 radical (unpaired) electrons. The Hall–Kier alpha value is -4.19. The van der Waals surface area contributed by atoms with E-state index in [0.29, 0.717) is 30.9 Å². The highest BCUT2D eigenvalue weighted by atomic mass is 32.2. The number of aliphatic hydroxyl groups is 1. The Kier molecular flexibility index (Phi) is 10.1. The van der Waals surface area contributed by atoms with Gasteiger partial charge in [0, 0.05) is 36.8 Å². The lowest BCUT2D eigenvalue weighted by Crippen LogP contribution is -2.47. The van der Waals surface area contributed by atoms with Gasteiger partial charge in [0.25, 0.3) is 10.0 Å². The number of ether oxygens (including phenoxy) is 1. The maximum atomic E-state index is 13.6. The summed E-state index contributed by atoms with van der Waals surface area (Å²) in [5.74, 6) is 0.471. The predicted molar refractivity (Wildman–Crippen MR) is 177 cm³/mol. The molecule has 0 spiro atoms. The summed E-state index contributed by atoms with van der Waals surface area (Å²) in [6.07, 6.45) is -0.305. The number of carbonyl (C=O) groups is 1. The molecule has 10 nitrogen and oxygen atoms in total. The number of amides is 1. The molecule has 4 aromatic rings. The summed E-state index contributed by atoms with van der Waals surface area (Å²) >= 11 is 0. The molecule has 1 amide bonds. The molecule has 2 N–H and O–H groups in total. The van der Waals surface area contributed by atoms with E-state index in [4.69, 9.17) is 9.26 Å². The first-order valence-corrected chi connectivity index (χ1v) is 16.9. The van der Waals surface area contributed by atoms with Gasteiger partial charge in [-0.25, -0.2) is 8.42 Å². The topological polar surface area (TPSA) is 125 Å². The Morgan fingerprint density at radius 3 is 2.41 bits per heavy atom. The third-order valence-corrected chi connectivity index (χ3v) is 10.0. The van der Waals surface area contributed by atoms with Crippen molar-refractivity contribution < 1.29 is 27.6 Å². The number of hydrogen-bond acceptors (Lipinski definition) is 8. The highest BCUT2D eigenvalue weighted by Gasteiger charge is 2.32. The zero-order valence-corrected chi connectivity index (χ0v) is 27.8. The van der Waals surface area contributed by atoms with E-state index >= 15 is 0 Å². The van der Waals surface area contributed by atoms with E-state index in [2.05, 4.69) is 58.1 Å².